The monoisotopic (exact) mass is 387 g/mol. The maximum atomic E-state index is 12.3. The normalized spacial score (nSPS) is 11.6. The predicted molar refractivity (Wildman–Crippen MR) is 101 cm³/mol. The first-order valence-corrected chi connectivity index (χ1v) is 9.61. The third-order valence-corrected chi connectivity index (χ3v) is 5.56. The van der Waals surface area contributed by atoms with E-state index in [4.69, 9.17) is 0 Å². The summed E-state index contributed by atoms with van der Waals surface area (Å²) in [5, 5.41) is 11.7. The summed E-state index contributed by atoms with van der Waals surface area (Å²) in [5.41, 5.74) is 1.63. The average Bonchev–Trinajstić information content (AvgIpc) is 2.62. The highest BCUT2D eigenvalue weighted by molar-refractivity contribution is 7.89. The number of H-pyrrole nitrogens is 1. The highest BCUT2D eigenvalue weighted by Gasteiger charge is 2.17. The number of hydrogen-bond acceptors (Lipinski definition) is 5. The van der Waals surface area contributed by atoms with E-state index in [-0.39, 0.29) is 29.1 Å². The number of non-ortho nitro benzene ring substituents is 1. The summed E-state index contributed by atoms with van der Waals surface area (Å²) >= 11 is 0. The fourth-order valence-electron chi connectivity index (χ4n) is 2.72. The van der Waals surface area contributed by atoms with Crippen LogP contribution in [0.4, 0.5) is 5.69 Å². The molecule has 2 aromatic carbocycles. The van der Waals surface area contributed by atoms with Crippen LogP contribution < -0.4 is 10.3 Å². The minimum atomic E-state index is -3.92. The highest BCUT2D eigenvalue weighted by Crippen LogP contribution is 2.17. The van der Waals surface area contributed by atoms with E-state index in [2.05, 4.69) is 9.71 Å². The van der Waals surface area contributed by atoms with Crippen LogP contribution in [0.15, 0.2) is 58.2 Å². The van der Waals surface area contributed by atoms with Gasteiger partial charge in [0.1, 0.15) is 0 Å². The molecule has 0 amide bonds. The number of nitro benzene ring substituents is 1. The van der Waals surface area contributed by atoms with Crippen molar-refractivity contribution >= 4 is 26.6 Å². The molecule has 0 spiro atoms. The van der Waals surface area contributed by atoms with Crippen LogP contribution in [0.25, 0.3) is 10.9 Å². The van der Waals surface area contributed by atoms with Gasteiger partial charge in [-0.2, -0.15) is 0 Å². The van der Waals surface area contributed by atoms with Crippen LogP contribution in [0.1, 0.15) is 11.1 Å². The molecule has 0 aliphatic rings. The molecule has 0 radical (unpaired) electrons. The van der Waals surface area contributed by atoms with E-state index in [1.54, 1.807) is 6.07 Å². The second-order valence-corrected chi connectivity index (χ2v) is 7.88. The van der Waals surface area contributed by atoms with Gasteiger partial charge in [0.15, 0.2) is 0 Å². The van der Waals surface area contributed by atoms with Gasteiger partial charge in [0, 0.05) is 29.8 Å². The van der Waals surface area contributed by atoms with Gasteiger partial charge in [-0.15, -0.1) is 0 Å². The Balaban J connectivity index is 1.76. The number of nitrogens with one attached hydrogen (secondary N) is 2. The first-order valence-electron chi connectivity index (χ1n) is 8.13. The number of hydrogen-bond donors (Lipinski definition) is 2. The van der Waals surface area contributed by atoms with Crippen LogP contribution in [-0.2, 0) is 16.4 Å². The van der Waals surface area contributed by atoms with Crippen molar-refractivity contribution < 1.29 is 13.3 Å². The van der Waals surface area contributed by atoms with Gasteiger partial charge in [0.25, 0.3) is 11.2 Å². The molecule has 3 rings (SSSR count). The third kappa shape index (κ3) is 4.21. The minimum absolute atomic E-state index is 0.00850. The summed E-state index contributed by atoms with van der Waals surface area (Å²) in [6.45, 7) is 1.93. The number of benzene rings is 2. The van der Waals surface area contributed by atoms with Gasteiger partial charge in [-0.1, -0.05) is 17.7 Å². The van der Waals surface area contributed by atoms with Crippen LogP contribution >= 0.6 is 0 Å². The number of nitro groups is 1. The molecule has 0 atom stereocenters. The zero-order chi connectivity index (χ0) is 19.6. The van der Waals surface area contributed by atoms with Crippen molar-refractivity contribution in [2.45, 2.75) is 18.2 Å². The molecule has 0 fully saturated rings. The van der Waals surface area contributed by atoms with Crippen LogP contribution in [0, 0.1) is 17.0 Å². The molecule has 27 heavy (non-hydrogen) atoms. The summed E-state index contributed by atoms with van der Waals surface area (Å²) < 4.78 is 27.0. The lowest BCUT2D eigenvalue weighted by Gasteiger charge is -2.07. The molecule has 3 aromatic rings. The maximum absolute atomic E-state index is 12.3. The Labute approximate surface area is 155 Å². The minimum Gasteiger partial charge on any atom is -0.322 e. The van der Waals surface area contributed by atoms with E-state index in [0.29, 0.717) is 11.1 Å². The molecule has 0 unspecified atom stereocenters. The van der Waals surface area contributed by atoms with Gasteiger partial charge in [0.2, 0.25) is 10.0 Å². The Bertz CT molecular complexity index is 1190. The molecule has 0 saturated heterocycles. The summed E-state index contributed by atoms with van der Waals surface area (Å²) in [4.78, 5) is 24.9. The zero-order valence-corrected chi connectivity index (χ0v) is 15.2. The molecule has 2 N–H and O–H groups in total. The summed E-state index contributed by atoms with van der Waals surface area (Å²) in [6.07, 6.45) is 0.188. The quantitative estimate of drug-likeness (QED) is 0.496. The Morgan fingerprint density at radius 3 is 2.67 bits per heavy atom. The van der Waals surface area contributed by atoms with Crippen molar-refractivity contribution in [1.29, 1.82) is 0 Å². The molecular formula is C18H17N3O5S. The molecule has 0 aliphatic carbocycles. The van der Waals surface area contributed by atoms with Crippen molar-refractivity contribution in [3.63, 3.8) is 0 Å². The Kier molecular flexibility index (Phi) is 5.06. The molecule has 1 aromatic heterocycles. The topological polar surface area (TPSA) is 122 Å². The van der Waals surface area contributed by atoms with Crippen LogP contribution in [-0.4, -0.2) is 24.9 Å². The average molecular weight is 387 g/mol. The van der Waals surface area contributed by atoms with Gasteiger partial charge >= 0.3 is 0 Å². The first kappa shape index (κ1) is 18.7. The van der Waals surface area contributed by atoms with E-state index >= 15 is 0 Å². The second kappa shape index (κ2) is 7.29. The number of fused-ring (bicyclic) bond motifs is 1. The lowest BCUT2D eigenvalue weighted by Crippen LogP contribution is -2.27. The fraction of sp³-hybridized carbons (Fsp3) is 0.167. The van der Waals surface area contributed by atoms with Gasteiger partial charge in [-0.05, 0) is 43.0 Å². The van der Waals surface area contributed by atoms with Crippen LogP contribution in [0.2, 0.25) is 0 Å². The summed E-state index contributed by atoms with van der Waals surface area (Å²) in [7, 11) is -3.92. The number of aromatic nitrogens is 1. The van der Waals surface area contributed by atoms with E-state index in [9.17, 15) is 23.3 Å². The molecule has 0 aliphatic heterocycles. The molecule has 0 saturated carbocycles. The van der Waals surface area contributed by atoms with Gasteiger partial charge in [-0.25, -0.2) is 13.1 Å². The molecule has 1 heterocycles. The van der Waals surface area contributed by atoms with E-state index < -0.39 is 14.9 Å². The predicted octanol–water partition coefficient (Wildman–Crippen LogP) is 2.27. The molecule has 9 heteroatoms. The van der Waals surface area contributed by atoms with Gasteiger partial charge in [0.05, 0.1) is 9.82 Å². The zero-order valence-electron chi connectivity index (χ0n) is 14.4. The number of aromatic amines is 1. The Hall–Kier alpha value is -3.04. The number of sulfonamides is 1. The molecule has 140 valence electrons. The van der Waals surface area contributed by atoms with Crippen molar-refractivity contribution in [3.05, 3.63) is 80.1 Å². The number of aryl methyl sites for hydroxylation is 1. The summed E-state index contributed by atoms with van der Waals surface area (Å²) in [6, 6.07) is 12.2. The number of nitrogens with zero attached hydrogens (tertiary/aromatic N) is 1. The second-order valence-electron chi connectivity index (χ2n) is 6.12. The molecular weight excluding hydrogens is 370 g/mol. The van der Waals surface area contributed by atoms with Gasteiger partial charge < -0.3 is 4.98 Å². The van der Waals surface area contributed by atoms with Crippen molar-refractivity contribution in [3.8, 4) is 0 Å². The largest absolute Gasteiger partial charge is 0.322 e. The number of rotatable bonds is 6. The third-order valence-electron chi connectivity index (χ3n) is 4.10. The first-order chi connectivity index (χ1) is 12.8. The Morgan fingerprint density at radius 2 is 1.93 bits per heavy atom. The lowest BCUT2D eigenvalue weighted by molar-refractivity contribution is -0.385. The number of pyridine rings is 1. The van der Waals surface area contributed by atoms with Crippen LogP contribution in [0.5, 0.6) is 0 Å². The van der Waals surface area contributed by atoms with E-state index in [1.165, 1.54) is 18.2 Å². The fourth-order valence-corrected chi connectivity index (χ4v) is 3.80. The smallest absolute Gasteiger partial charge is 0.270 e. The van der Waals surface area contributed by atoms with Gasteiger partial charge in [-0.3, -0.25) is 14.9 Å². The van der Waals surface area contributed by atoms with E-state index in [0.717, 1.165) is 17.0 Å². The van der Waals surface area contributed by atoms with E-state index in [1.807, 2.05) is 25.1 Å². The van der Waals surface area contributed by atoms with Crippen molar-refractivity contribution in [1.82, 2.24) is 9.71 Å². The molecule has 0 bridgehead atoms. The van der Waals surface area contributed by atoms with Crippen molar-refractivity contribution in [2.24, 2.45) is 0 Å². The maximum Gasteiger partial charge on any atom is 0.270 e. The SMILES string of the molecule is Cc1ccc2[nH]c(=O)c(CCNS(=O)(=O)c3cccc([N+](=O)[O-])c3)cc2c1. The lowest BCUT2D eigenvalue weighted by atomic mass is 10.1. The van der Waals surface area contributed by atoms with Crippen molar-refractivity contribution in [2.75, 3.05) is 6.54 Å². The van der Waals surface area contributed by atoms with Crippen LogP contribution in [0.3, 0.4) is 0 Å². The standard InChI is InChI=1S/C18H17N3O5S/c1-12-5-6-17-14(9-12)10-13(18(22)20-17)7-8-19-27(25,26)16-4-2-3-15(11-16)21(23)24/h2-6,9-11,19H,7-8H2,1H3,(H,20,22). The summed E-state index contributed by atoms with van der Waals surface area (Å²) in [5.74, 6) is 0. The molecule has 8 nitrogen and oxygen atoms in total. The Morgan fingerprint density at radius 1 is 1.15 bits per heavy atom. The highest BCUT2D eigenvalue weighted by atomic mass is 32.2.